The average Bonchev–Trinajstić information content (AvgIpc) is 3.05. The monoisotopic (exact) mass is 594 g/mol. The maximum Gasteiger partial charge on any atom is -0.0149 e. The van der Waals surface area contributed by atoms with E-state index in [0.29, 0.717) is 23.7 Å². The third-order valence-electron chi connectivity index (χ3n) is 8.10. The number of aryl methyl sites for hydroxylation is 1. The Kier molecular flexibility index (Phi) is 14.1. The number of fused-ring (bicyclic) bond motifs is 2. The minimum atomic E-state index is 0.603. The van der Waals surface area contributed by atoms with Gasteiger partial charge in [0, 0.05) is 0 Å². The Bertz CT molecular complexity index is 1670. The van der Waals surface area contributed by atoms with Crippen molar-refractivity contribution >= 4 is 21.5 Å². The molecule has 0 heterocycles. The first kappa shape index (κ1) is 35.3. The predicted molar refractivity (Wildman–Crippen MR) is 202 cm³/mol. The summed E-state index contributed by atoms with van der Waals surface area (Å²) in [5.74, 6) is 2.53. The number of rotatable bonds is 4. The van der Waals surface area contributed by atoms with E-state index in [-0.39, 0.29) is 0 Å². The van der Waals surface area contributed by atoms with Gasteiger partial charge in [-0.2, -0.15) is 0 Å². The highest BCUT2D eigenvalue weighted by atomic mass is 14.1. The highest BCUT2D eigenvalue weighted by Crippen LogP contribution is 2.25. The van der Waals surface area contributed by atoms with Crippen molar-refractivity contribution in [3.8, 4) is 0 Å². The Hall–Kier alpha value is -4.16. The van der Waals surface area contributed by atoms with Crippen LogP contribution in [-0.4, -0.2) is 0 Å². The van der Waals surface area contributed by atoms with Gasteiger partial charge in [0.15, 0.2) is 0 Å². The quantitative estimate of drug-likeness (QED) is 0.190. The first-order valence-corrected chi connectivity index (χ1v) is 16.6. The molecule has 6 aromatic rings. The van der Waals surface area contributed by atoms with Gasteiger partial charge in [0.1, 0.15) is 0 Å². The normalized spacial score (nSPS) is 10.7. The van der Waals surface area contributed by atoms with Gasteiger partial charge in [-0.1, -0.05) is 200 Å². The van der Waals surface area contributed by atoms with Crippen LogP contribution < -0.4 is 0 Å². The van der Waals surface area contributed by atoms with Gasteiger partial charge in [0.2, 0.25) is 0 Å². The highest BCUT2D eigenvalue weighted by molar-refractivity contribution is 5.86. The summed E-state index contributed by atoms with van der Waals surface area (Å²) in [6, 6.07) is 49.5. The van der Waals surface area contributed by atoms with E-state index < -0.39 is 0 Å². The molecular weight excluding hydrogens is 540 g/mol. The second kappa shape index (κ2) is 18.0. The molecule has 0 radical (unpaired) electrons. The van der Waals surface area contributed by atoms with Gasteiger partial charge in [0.25, 0.3) is 0 Å². The van der Waals surface area contributed by atoms with Crippen molar-refractivity contribution in [1.29, 1.82) is 0 Å². The lowest BCUT2D eigenvalue weighted by atomic mass is 9.96. The zero-order valence-electron chi connectivity index (χ0n) is 29.1. The Labute approximate surface area is 274 Å². The van der Waals surface area contributed by atoms with Crippen LogP contribution in [0.3, 0.4) is 0 Å². The Morgan fingerprint density at radius 1 is 0.333 bits per heavy atom. The van der Waals surface area contributed by atoms with Crippen molar-refractivity contribution < 1.29 is 0 Å². The third kappa shape index (κ3) is 11.4. The summed E-state index contributed by atoms with van der Waals surface area (Å²) in [5, 5.41) is 5.40. The lowest BCUT2D eigenvalue weighted by molar-refractivity contribution is 0.866. The number of benzene rings is 6. The topological polar surface area (TPSA) is 0 Å². The first-order chi connectivity index (χ1) is 21.6. The smallest absolute Gasteiger partial charge is 0.0149 e. The largest absolute Gasteiger partial charge is 0.0622 e. The Morgan fingerprint density at radius 2 is 0.800 bits per heavy atom. The van der Waals surface area contributed by atoms with Crippen LogP contribution >= 0.6 is 0 Å². The van der Waals surface area contributed by atoms with E-state index in [9.17, 15) is 0 Å². The van der Waals surface area contributed by atoms with E-state index in [2.05, 4.69) is 196 Å². The molecule has 0 aromatic heterocycles. The molecule has 0 amide bonds. The van der Waals surface area contributed by atoms with Crippen LogP contribution in [0.2, 0.25) is 0 Å². The zero-order chi connectivity index (χ0) is 32.8. The van der Waals surface area contributed by atoms with Crippen LogP contribution in [0.15, 0.2) is 140 Å². The molecule has 0 fully saturated rings. The molecule has 0 saturated carbocycles. The maximum absolute atomic E-state index is 2.28. The van der Waals surface area contributed by atoms with Gasteiger partial charge in [-0.15, -0.1) is 0 Å². The summed E-state index contributed by atoms with van der Waals surface area (Å²) in [5.41, 5.74) is 7.03. The molecule has 0 saturated heterocycles. The van der Waals surface area contributed by atoms with Gasteiger partial charge < -0.3 is 0 Å². The van der Waals surface area contributed by atoms with Gasteiger partial charge in [-0.05, 0) is 74.4 Å². The predicted octanol–water partition coefficient (Wildman–Crippen LogP) is 13.9. The molecule has 0 spiro atoms. The van der Waals surface area contributed by atoms with Crippen LogP contribution in [-0.2, 0) is 0 Å². The lowest BCUT2D eigenvalue weighted by Gasteiger charge is -2.08. The summed E-state index contributed by atoms with van der Waals surface area (Å²) in [6.07, 6.45) is 0. The number of hydrogen-bond acceptors (Lipinski definition) is 0. The van der Waals surface area contributed by atoms with Crippen LogP contribution in [0, 0.1) is 6.92 Å². The van der Waals surface area contributed by atoms with Gasteiger partial charge >= 0.3 is 0 Å². The molecule has 0 atom stereocenters. The Balaban J connectivity index is 0.000000166. The molecule has 0 aliphatic carbocycles. The van der Waals surface area contributed by atoms with E-state index in [0.717, 1.165) is 0 Å². The fourth-order valence-corrected chi connectivity index (χ4v) is 5.11. The molecule has 0 nitrogen and oxygen atoms in total. The molecule has 45 heavy (non-hydrogen) atoms. The van der Waals surface area contributed by atoms with Crippen molar-refractivity contribution in [2.45, 2.75) is 86.0 Å². The summed E-state index contributed by atoms with van der Waals surface area (Å²) in [4.78, 5) is 0. The molecule has 0 N–H and O–H groups in total. The lowest BCUT2D eigenvalue weighted by Crippen LogP contribution is -1.88. The van der Waals surface area contributed by atoms with E-state index in [1.807, 2.05) is 6.07 Å². The van der Waals surface area contributed by atoms with E-state index in [4.69, 9.17) is 0 Å². The molecule has 234 valence electrons. The van der Waals surface area contributed by atoms with Crippen molar-refractivity contribution in [2.75, 3.05) is 0 Å². The van der Waals surface area contributed by atoms with Crippen molar-refractivity contribution in [1.82, 2.24) is 0 Å². The van der Waals surface area contributed by atoms with Crippen LogP contribution in [0.5, 0.6) is 0 Å². The molecular formula is C45H54. The standard InChI is InChI=1S/2C13H14.C10H14.C9H12/c1-10(2)12-9-5-7-11-6-3-4-8-13(11)12;1-10(2)12-8-7-11-5-3-4-6-13(11)9-12;1-8(2)10-6-4-9(3)5-7-10;1-8(2)9-6-4-3-5-7-9/h2*3-10H,1-2H3;4-8H,1-3H3;3-8H,1-2H3. The minimum Gasteiger partial charge on any atom is -0.0622 e. The third-order valence-corrected chi connectivity index (χ3v) is 8.10. The Morgan fingerprint density at radius 3 is 1.36 bits per heavy atom. The molecule has 0 heteroatoms. The molecule has 0 aliphatic heterocycles. The summed E-state index contributed by atoms with van der Waals surface area (Å²) >= 11 is 0. The van der Waals surface area contributed by atoms with Gasteiger partial charge in [0.05, 0.1) is 0 Å². The molecule has 6 rings (SSSR count). The van der Waals surface area contributed by atoms with Crippen LogP contribution in [0.25, 0.3) is 21.5 Å². The zero-order valence-corrected chi connectivity index (χ0v) is 29.1. The SMILES string of the molecule is CC(C)c1ccc2ccccc2c1.CC(C)c1cccc2ccccc12.CC(C)c1ccccc1.Cc1ccc(C(C)C)cc1. The van der Waals surface area contributed by atoms with E-state index >= 15 is 0 Å². The first-order valence-electron chi connectivity index (χ1n) is 16.6. The van der Waals surface area contributed by atoms with E-state index in [1.54, 1.807) is 0 Å². The van der Waals surface area contributed by atoms with Gasteiger partial charge in [-0.3, -0.25) is 0 Å². The molecule has 0 bridgehead atoms. The van der Waals surface area contributed by atoms with E-state index in [1.165, 1.54) is 49.4 Å². The van der Waals surface area contributed by atoms with Crippen LogP contribution in [0.1, 0.15) is 107 Å². The molecule has 0 aliphatic rings. The van der Waals surface area contributed by atoms with Crippen LogP contribution in [0.4, 0.5) is 0 Å². The fraction of sp³-hybridized carbons (Fsp3) is 0.289. The minimum absolute atomic E-state index is 0.603. The second-order valence-corrected chi connectivity index (χ2v) is 13.1. The summed E-state index contributed by atoms with van der Waals surface area (Å²) in [6.45, 7) is 19.9. The van der Waals surface area contributed by atoms with Crippen molar-refractivity contribution in [3.05, 3.63) is 167 Å². The average molecular weight is 595 g/mol. The highest BCUT2D eigenvalue weighted by Gasteiger charge is 2.03. The molecule has 0 unspecified atom stereocenters. The maximum atomic E-state index is 2.28. The molecule has 6 aromatic carbocycles. The summed E-state index contributed by atoms with van der Waals surface area (Å²) < 4.78 is 0. The summed E-state index contributed by atoms with van der Waals surface area (Å²) in [7, 11) is 0. The second-order valence-electron chi connectivity index (χ2n) is 13.1. The van der Waals surface area contributed by atoms with Crippen molar-refractivity contribution in [2.24, 2.45) is 0 Å². The fourth-order valence-electron chi connectivity index (χ4n) is 5.11. The number of hydrogen-bond donors (Lipinski definition) is 0. The van der Waals surface area contributed by atoms with Crippen molar-refractivity contribution in [3.63, 3.8) is 0 Å². The van der Waals surface area contributed by atoms with Gasteiger partial charge in [-0.25, -0.2) is 0 Å².